The number of benzene rings is 3. The smallest absolute Gasteiger partial charge is 0.416 e. The van der Waals surface area contributed by atoms with Crippen molar-refractivity contribution >= 4 is 29.1 Å². The van der Waals surface area contributed by atoms with Crippen LogP contribution in [0.5, 0.6) is 11.5 Å². The first-order valence-corrected chi connectivity index (χ1v) is 11.0. The zero-order valence-electron chi connectivity index (χ0n) is 18.7. The lowest BCUT2D eigenvalue weighted by atomic mass is 9.94. The fourth-order valence-corrected chi connectivity index (χ4v) is 4.27. The first kappa shape index (κ1) is 25.1. The summed E-state index contributed by atoms with van der Waals surface area (Å²) in [5.41, 5.74) is -0.650. The molecule has 0 spiro atoms. The van der Waals surface area contributed by atoms with E-state index in [9.17, 15) is 33.0 Å². The van der Waals surface area contributed by atoms with Crippen LogP contribution in [0.1, 0.15) is 28.3 Å². The lowest BCUT2D eigenvalue weighted by molar-refractivity contribution is -0.140. The van der Waals surface area contributed by atoms with Gasteiger partial charge >= 0.3 is 6.18 Å². The Kier molecular flexibility index (Phi) is 6.69. The van der Waals surface area contributed by atoms with Gasteiger partial charge in [0.15, 0.2) is 0 Å². The zero-order chi connectivity index (χ0) is 26.2. The van der Waals surface area contributed by atoms with Gasteiger partial charge in [-0.25, -0.2) is 0 Å². The van der Waals surface area contributed by atoms with Crippen molar-refractivity contribution in [2.24, 2.45) is 0 Å². The number of phenols is 1. The van der Waals surface area contributed by atoms with E-state index < -0.39 is 35.2 Å². The average molecular weight is 518 g/mol. The third kappa shape index (κ3) is 4.74. The Morgan fingerprint density at radius 1 is 1.06 bits per heavy atom. The maximum atomic E-state index is 13.2. The number of likely N-dealkylation sites (tertiary alicyclic amines) is 1. The van der Waals surface area contributed by atoms with Crippen LogP contribution in [-0.2, 0) is 22.3 Å². The average Bonchev–Trinajstić information content (AvgIpc) is 3.08. The lowest BCUT2D eigenvalue weighted by Crippen LogP contribution is -2.29. The molecular formula is C26H19ClF3NO5. The van der Waals surface area contributed by atoms with Gasteiger partial charge in [-0.1, -0.05) is 35.9 Å². The van der Waals surface area contributed by atoms with Crippen LogP contribution in [0.2, 0.25) is 5.02 Å². The van der Waals surface area contributed by atoms with Crippen molar-refractivity contribution in [3.63, 3.8) is 0 Å². The molecule has 1 atom stereocenters. The van der Waals surface area contributed by atoms with Crippen molar-refractivity contribution in [2.75, 3.05) is 7.11 Å². The van der Waals surface area contributed by atoms with Gasteiger partial charge in [-0.3, -0.25) is 9.59 Å². The van der Waals surface area contributed by atoms with Gasteiger partial charge < -0.3 is 19.8 Å². The van der Waals surface area contributed by atoms with E-state index in [0.29, 0.717) is 5.56 Å². The van der Waals surface area contributed by atoms with Gasteiger partial charge in [0.05, 0.1) is 29.9 Å². The summed E-state index contributed by atoms with van der Waals surface area (Å²) >= 11 is 6.08. The molecule has 1 aliphatic rings. The summed E-state index contributed by atoms with van der Waals surface area (Å²) in [5.74, 6) is -2.49. The summed E-state index contributed by atoms with van der Waals surface area (Å²) < 4.78 is 45.0. The molecule has 1 aliphatic heterocycles. The number of aliphatic hydroxyl groups is 1. The Labute approximate surface area is 208 Å². The van der Waals surface area contributed by atoms with Crippen molar-refractivity contribution in [1.29, 1.82) is 0 Å². The topological polar surface area (TPSA) is 87.1 Å². The highest BCUT2D eigenvalue weighted by molar-refractivity contribution is 6.46. The molecule has 1 amide bonds. The van der Waals surface area contributed by atoms with Crippen LogP contribution >= 0.6 is 11.6 Å². The number of amides is 1. The van der Waals surface area contributed by atoms with Crippen LogP contribution in [0.3, 0.4) is 0 Å². The summed E-state index contributed by atoms with van der Waals surface area (Å²) in [6, 6.07) is 13.2. The molecular weight excluding hydrogens is 499 g/mol. The van der Waals surface area contributed by atoms with E-state index in [1.807, 2.05) is 0 Å². The molecule has 36 heavy (non-hydrogen) atoms. The van der Waals surface area contributed by atoms with Crippen LogP contribution in [0, 0.1) is 0 Å². The predicted molar refractivity (Wildman–Crippen MR) is 125 cm³/mol. The first-order chi connectivity index (χ1) is 17.0. The fraction of sp³-hybridized carbons (Fsp3) is 0.154. The molecule has 1 fully saturated rings. The predicted octanol–water partition coefficient (Wildman–Crippen LogP) is 5.69. The molecule has 1 unspecified atom stereocenters. The number of carbonyl (C=O) groups is 2. The first-order valence-electron chi connectivity index (χ1n) is 10.6. The molecule has 6 nitrogen and oxygen atoms in total. The third-order valence-electron chi connectivity index (χ3n) is 5.77. The number of hydrogen-bond acceptors (Lipinski definition) is 5. The number of nitrogens with zero attached hydrogens (tertiary/aromatic N) is 1. The summed E-state index contributed by atoms with van der Waals surface area (Å²) in [6.45, 7) is -0.344. The molecule has 0 saturated carbocycles. The second kappa shape index (κ2) is 9.58. The van der Waals surface area contributed by atoms with E-state index in [2.05, 4.69) is 0 Å². The maximum Gasteiger partial charge on any atom is 0.416 e. The second-order valence-corrected chi connectivity index (χ2v) is 8.50. The number of methoxy groups -OCH3 is 1. The Bertz CT molecular complexity index is 1370. The molecule has 3 aromatic carbocycles. The van der Waals surface area contributed by atoms with E-state index in [0.717, 1.165) is 17.0 Å². The van der Waals surface area contributed by atoms with Crippen LogP contribution < -0.4 is 4.74 Å². The molecule has 3 aromatic rings. The number of phenolic OH excluding ortho intramolecular Hbond substituents is 1. The number of carbonyl (C=O) groups excluding carboxylic acids is 2. The number of ketones is 1. The van der Waals surface area contributed by atoms with Crippen molar-refractivity contribution in [1.82, 2.24) is 4.90 Å². The largest absolute Gasteiger partial charge is 0.508 e. The SMILES string of the molecule is COc1ccc(Cl)cc1/C(O)=C1\C(=O)C(=O)N(Cc2cccc(C(F)(F)F)c2)C1c1ccc(O)cc1. The highest BCUT2D eigenvalue weighted by Gasteiger charge is 2.46. The van der Waals surface area contributed by atoms with Crippen molar-refractivity contribution in [2.45, 2.75) is 18.8 Å². The van der Waals surface area contributed by atoms with Crippen LogP contribution in [0.25, 0.3) is 5.76 Å². The minimum absolute atomic E-state index is 0.0610. The van der Waals surface area contributed by atoms with Gasteiger partial charge in [0.2, 0.25) is 0 Å². The van der Waals surface area contributed by atoms with E-state index in [1.165, 1.54) is 61.7 Å². The van der Waals surface area contributed by atoms with Gasteiger partial charge in [0.25, 0.3) is 11.7 Å². The molecule has 1 saturated heterocycles. The number of ether oxygens (including phenoxy) is 1. The van der Waals surface area contributed by atoms with Crippen molar-refractivity contribution in [3.8, 4) is 11.5 Å². The Hall–Kier alpha value is -3.98. The van der Waals surface area contributed by atoms with Crippen molar-refractivity contribution in [3.05, 3.63) is 99.6 Å². The number of aromatic hydroxyl groups is 1. The molecule has 186 valence electrons. The zero-order valence-corrected chi connectivity index (χ0v) is 19.5. The molecule has 0 bridgehead atoms. The summed E-state index contributed by atoms with van der Waals surface area (Å²) in [6.07, 6.45) is -4.59. The quantitative estimate of drug-likeness (QED) is 0.258. The standard InChI is InChI=1S/C26H19ClF3NO5/c1-36-20-10-7-17(27)12-19(20)23(33)21-22(15-5-8-18(32)9-6-15)31(25(35)24(21)34)13-14-3-2-4-16(11-14)26(28,29)30/h2-12,22,32-33H,13H2,1H3/b23-21+. The minimum Gasteiger partial charge on any atom is -0.508 e. The van der Waals surface area contributed by atoms with E-state index in [-0.39, 0.29) is 39.8 Å². The third-order valence-corrected chi connectivity index (χ3v) is 6.01. The molecule has 2 N–H and O–H groups in total. The van der Waals surface area contributed by atoms with Crippen LogP contribution in [-0.4, -0.2) is 33.9 Å². The number of Topliss-reactive ketones (excluding diaryl/α,β-unsaturated/α-hetero) is 1. The Balaban J connectivity index is 1.88. The Morgan fingerprint density at radius 2 is 1.75 bits per heavy atom. The van der Waals surface area contributed by atoms with E-state index >= 15 is 0 Å². The number of halogens is 4. The normalized spacial score (nSPS) is 17.5. The number of aliphatic hydroxyl groups excluding tert-OH is 1. The number of hydrogen-bond donors (Lipinski definition) is 2. The maximum absolute atomic E-state index is 13.2. The highest BCUT2D eigenvalue weighted by atomic mass is 35.5. The highest BCUT2D eigenvalue weighted by Crippen LogP contribution is 2.42. The summed E-state index contributed by atoms with van der Waals surface area (Å²) in [5, 5.41) is 21.2. The molecule has 1 heterocycles. The molecule has 0 radical (unpaired) electrons. The monoisotopic (exact) mass is 517 g/mol. The van der Waals surface area contributed by atoms with Gasteiger partial charge in [0, 0.05) is 11.6 Å². The summed E-state index contributed by atoms with van der Waals surface area (Å²) in [7, 11) is 1.35. The van der Waals surface area contributed by atoms with E-state index in [1.54, 1.807) is 0 Å². The molecule has 10 heteroatoms. The number of alkyl halides is 3. The van der Waals surface area contributed by atoms with Gasteiger partial charge in [-0.05, 0) is 53.6 Å². The fourth-order valence-electron chi connectivity index (χ4n) is 4.10. The van der Waals surface area contributed by atoms with Crippen molar-refractivity contribution < 1.29 is 37.7 Å². The van der Waals surface area contributed by atoms with Crippen LogP contribution in [0.4, 0.5) is 13.2 Å². The molecule has 0 aromatic heterocycles. The van der Waals surface area contributed by atoms with Crippen LogP contribution in [0.15, 0.2) is 72.3 Å². The lowest BCUT2D eigenvalue weighted by Gasteiger charge is -2.26. The molecule has 4 rings (SSSR count). The minimum atomic E-state index is -4.59. The molecule has 0 aliphatic carbocycles. The summed E-state index contributed by atoms with van der Waals surface area (Å²) in [4.78, 5) is 27.4. The Morgan fingerprint density at radius 3 is 2.39 bits per heavy atom. The van der Waals surface area contributed by atoms with Gasteiger partial charge in [-0.15, -0.1) is 0 Å². The second-order valence-electron chi connectivity index (χ2n) is 8.06. The van der Waals surface area contributed by atoms with E-state index in [4.69, 9.17) is 16.3 Å². The number of rotatable bonds is 5. The van der Waals surface area contributed by atoms with Gasteiger partial charge in [-0.2, -0.15) is 13.2 Å². The van der Waals surface area contributed by atoms with Gasteiger partial charge in [0.1, 0.15) is 17.3 Å².